The van der Waals surface area contributed by atoms with Gasteiger partial charge in [-0.15, -0.1) is 0 Å². The van der Waals surface area contributed by atoms with Crippen molar-refractivity contribution in [2.24, 2.45) is 5.92 Å². The molecule has 0 aliphatic heterocycles. The Bertz CT molecular complexity index is 349. The largest absolute Gasteiger partial charge is 0.392 e. The zero-order valence-corrected chi connectivity index (χ0v) is 10.0. The molecule has 1 atom stereocenters. The molecule has 0 spiro atoms. The minimum absolute atomic E-state index is 0.225. The molecule has 3 heteroatoms. The van der Waals surface area contributed by atoms with E-state index in [2.05, 4.69) is 15.9 Å². The van der Waals surface area contributed by atoms with Crippen molar-refractivity contribution in [1.29, 1.82) is 0 Å². The Hall–Kier alpha value is -0.410. The number of aliphatic hydroxyl groups excluding tert-OH is 1. The molecule has 0 saturated heterocycles. The Labute approximate surface area is 97.4 Å². The summed E-state index contributed by atoms with van der Waals surface area (Å²) in [5, 5.41) is 9.86. The molecule has 1 aromatic carbocycles. The quantitative estimate of drug-likeness (QED) is 0.896. The van der Waals surface area contributed by atoms with E-state index in [9.17, 15) is 9.50 Å². The van der Waals surface area contributed by atoms with Gasteiger partial charge in [-0.05, 0) is 42.5 Å². The zero-order chi connectivity index (χ0) is 10.8. The lowest BCUT2D eigenvalue weighted by Gasteiger charge is -2.30. The Morgan fingerprint density at radius 2 is 2.20 bits per heavy atom. The maximum atomic E-state index is 13.4. The summed E-state index contributed by atoms with van der Waals surface area (Å²) in [5.74, 6) is 0.153. The van der Waals surface area contributed by atoms with Crippen LogP contribution in [0.1, 0.15) is 24.8 Å². The topological polar surface area (TPSA) is 20.2 Å². The Morgan fingerprint density at radius 3 is 2.80 bits per heavy atom. The molecule has 1 nitrogen and oxygen atoms in total. The van der Waals surface area contributed by atoms with Crippen molar-refractivity contribution in [3.63, 3.8) is 0 Å². The SMILES string of the molecule is OC(Cc1cc(Br)ccc1F)C1CCC1. The highest BCUT2D eigenvalue weighted by molar-refractivity contribution is 9.10. The lowest BCUT2D eigenvalue weighted by Crippen LogP contribution is -2.28. The maximum Gasteiger partial charge on any atom is 0.126 e. The molecule has 0 heterocycles. The second-order valence-electron chi connectivity index (χ2n) is 4.20. The van der Waals surface area contributed by atoms with E-state index in [0.717, 1.165) is 17.3 Å². The summed E-state index contributed by atoms with van der Waals surface area (Å²) in [4.78, 5) is 0. The third-order valence-electron chi connectivity index (χ3n) is 3.13. The number of hydrogen-bond donors (Lipinski definition) is 1. The van der Waals surface area contributed by atoms with E-state index in [0.29, 0.717) is 17.9 Å². The third kappa shape index (κ3) is 2.58. The molecule has 1 unspecified atom stereocenters. The van der Waals surface area contributed by atoms with Gasteiger partial charge in [0.15, 0.2) is 0 Å². The van der Waals surface area contributed by atoms with Crippen molar-refractivity contribution in [3.8, 4) is 0 Å². The molecule has 1 aliphatic rings. The van der Waals surface area contributed by atoms with Crippen LogP contribution in [0.5, 0.6) is 0 Å². The van der Waals surface area contributed by atoms with Gasteiger partial charge in [-0.2, -0.15) is 0 Å². The van der Waals surface area contributed by atoms with E-state index >= 15 is 0 Å². The van der Waals surface area contributed by atoms with Crippen molar-refractivity contribution in [2.75, 3.05) is 0 Å². The van der Waals surface area contributed by atoms with Crippen molar-refractivity contribution in [2.45, 2.75) is 31.8 Å². The molecule has 15 heavy (non-hydrogen) atoms. The first kappa shape index (κ1) is 11.1. The predicted molar refractivity (Wildman–Crippen MR) is 61.2 cm³/mol. The van der Waals surface area contributed by atoms with Crippen LogP contribution in [0.2, 0.25) is 0 Å². The molecular formula is C12H14BrFO. The van der Waals surface area contributed by atoms with Crippen molar-refractivity contribution >= 4 is 15.9 Å². The Kier molecular flexibility index (Phi) is 3.42. The van der Waals surface area contributed by atoms with E-state index in [4.69, 9.17) is 0 Å². The highest BCUT2D eigenvalue weighted by Gasteiger charge is 2.26. The summed E-state index contributed by atoms with van der Waals surface area (Å²) in [6.45, 7) is 0. The second kappa shape index (κ2) is 4.62. The van der Waals surface area contributed by atoms with Crippen LogP contribution in [-0.4, -0.2) is 11.2 Å². The summed E-state index contributed by atoms with van der Waals surface area (Å²) in [7, 11) is 0. The summed E-state index contributed by atoms with van der Waals surface area (Å²) in [6.07, 6.45) is 3.40. The van der Waals surface area contributed by atoms with E-state index < -0.39 is 0 Å². The van der Waals surface area contributed by atoms with Crippen LogP contribution in [0.25, 0.3) is 0 Å². The minimum atomic E-state index is -0.387. The summed E-state index contributed by atoms with van der Waals surface area (Å²) in [6, 6.07) is 4.86. The van der Waals surface area contributed by atoms with Gasteiger partial charge in [0.25, 0.3) is 0 Å². The van der Waals surface area contributed by atoms with Crippen LogP contribution in [0.4, 0.5) is 4.39 Å². The molecule has 0 radical (unpaired) electrons. The Morgan fingerprint density at radius 1 is 1.47 bits per heavy atom. The van der Waals surface area contributed by atoms with E-state index in [-0.39, 0.29) is 11.9 Å². The lowest BCUT2D eigenvalue weighted by molar-refractivity contribution is 0.0623. The molecular weight excluding hydrogens is 259 g/mol. The van der Waals surface area contributed by atoms with Gasteiger partial charge in [0.1, 0.15) is 5.82 Å². The van der Waals surface area contributed by atoms with Gasteiger partial charge < -0.3 is 5.11 Å². The fourth-order valence-corrected chi connectivity index (χ4v) is 2.32. The van der Waals surface area contributed by atoms with E-state index in [1.807, 2.05) is 0 Å². The highest BCUT2D eigenvalue weighted by Crippen LogP contribution is 2.31. The number of halogens is 2. The highest BCUT2D eigenvalue weighted by atomic mass is 79.9. The lowest BCUT2D eigenvalue weighted by atomic mass is 9.79. The van der Waals surface area contributed by atoms with Crippen LogP contribution < -0.4 is 0 Å². The zero-order valence-electron chi connectivity index (χ0n) is 8.42. The van der Waals surface area contributed by atoms with Crippen LogP contribution in [0.3, 0.4) is 0 Å². The fraction of sp³-hybridized carbons (Fsp3) is 0.500. The second-order valence-corrected chi connectivity index (χ2v) is 5.11. The molecule has 1 N–H and O–H groups in total. The Balaban J connectivity index is 2.05. The first-order valence-corrected chi connectivity index (χ1v) is 6.08. The number of rotatable bonds is 3. The van der Waals surface area contributed by atoms with Gasteiger partial charge >= 0.3 is 0 Å². The van der Waals surface area contributed by atoms with Crippen molar-refractivity contribution in [3.05, 3.63) is 34.1 Å². The van der Waals surface area contributed by atoms with Gasteiger partial charge in [-0.25, -0.2) is 4.39 Å². The summed E-state index contributed by atoms with van der Waals surface area (Å²) >= 11 is 3.31. The smallest absolute Gasteiger partial charge is 0.126 e. The van der Waals surface area contributed by atoms with Crippen LogP contribution in [-0.2, 0) is 6.42 Å². The normalized spacial score (nSPS) is 18.6. The van der Waals surface area contributed by atoms with Crippen molar-refractivity contribution in [1.82, 2.24) is 0 Å². The van der Waals surface area contributed by atoms with Crippen LogP contribution in [0.15, 0.2) is 22.7 Å². The maximum absolute atomic E-state index is 13.4. The molecule has 2 rings (SSSR count). The minimum Gasteiger partial charge on any atom is -0.392 e. The van der Waals surface area contributed by atoms with E-state index in [1.54, 1.807) is 12.1 Å². The molecule has 0 amide bonds. The number of hydrogen-bond acceptors (Lipinski definition) is 1. The summed E-state index contributed by atoms with van der Waals surface area (Å²) < 4.78 is 14.2. The third-order valence-corrected chi connectivity index (χ3v) is 3.62. The van der Waals surface area contributed by atoms with Crippen LogP contribution >= 0.6 is 15.9 Å². The molecule has 0 aromatic heterocycles. The molecule has 1 saturated carbocycles. The fourth-order valence-electron chi connectivity index (χ4n) is 1.92. The average molecular weight is 273 g/mol. The van der Waals surface area contributed by atoms with Gasteiger partial charge in [-0.3, -0.25) is 0 Å². The average Bonchev–Trinajstić information content (AvgIpc) is 2.08. The van der Waals surface area contributed by atoms with Gasteiger partial charge in [-0.1, -0.05) is 22.4 Å². The predicted octanol–water partition coefficient (Wildman–Crippen LogP) is 3.29. The monoisotopic (exact) mass is 272 g/mol. The summed E-state index contributed by atoms with van der Waals surface area (Å²) in [5.41, 5.74) is 0.601. The standard InChI is InChI=1S/C12H14BrFO/c13-10-4-5-11(14)9(6-10)7-12(15)8-2-1-3-8/h4-6,8,12,15H,1-3,7H2. The first-order chi connectivity index (χ1) is 7.16. The number of aliphatic hydroxyl groups is 1. The van der Waals surface area contributed by atoms with Gasteiger partial charge in [0, 0.05) is 10.9 Å². The molecule has 1 aromatic rings. The molecule has 82 valence electrons. The molecule has 0 bridgehead atoms. The number of benzene rings is 1. The van der Waals surface area contributed by atoms with E-state index in [1.165, 1.54) is 12.5 Å². The first-order valence-electron chi connectivity index (χ1n) is 5.29. The molecule has 1 aliphatic carbocycles. The van der Waals surface area contributed by atoms with Crippen LogP contribution in [0, 0.1) is 11.7 Å². The van der Waals surface area contributed by atoms with Gasteiger partial charge in [0.05, 0.1) is 6.10 Å². The van der Waals surface area contributed by atoms with Gasteiger partial charge in [0.2, 0.25) is 0 Å². The molecule has 1 fully saturated rings. The van der Waals surface area contributed by atoms with Crippen molar-refractivity contribution < 1.29 is 9.50 Å².